The molecule has 22 heavy (non-hydrogen) atoms. The number of esters is 1. The Bertz CT molecular complexity index is 433. The van der Waals surface area contributed by atoms with Gasteiger partial charge in [-0.15, -0.1) is 0 Å². The van der Waals surface area contributed by atoms with Gasteiger partial charge in [-0.2, -0.15) is 0 Å². The molecule has 2 rings (SSSR count). The number of rotatable bonds is 3. The summed E-state index contributed by atoms with van der Waals surface area (Å²) in [5.74, 6) is -0.456. The summed E-state index contributed by atoms with van der Waals surface area (Å²) in [6.07, 6.45) is 3.54. The predicted octanol–water partition coefficient (Wildman–Crippen LogP) is 3.70. The molecular formula is C18H30O4. The average Bonchev–Trinajstić information content (AvgIpc) is 2.51. The molecule has 0 unspecified atom stereocenters. The molecule has 2 fully saturated rings. The van der Waals surface area contributed by atoms with Crippen molar-refractivity contribution >= 4 is 5.97 Å². The van der Waals surface area contributed by atoms with E-state index in [0.717, 1.165) is 31.3 Å². The van der Waals surface area contributed by atoms with Crippen molar-refractivity contribution in [1.82, 2.24) is 0 Å². The van der Waals surface area contributed by atoms with Gasteiger partial charge in [-0.1, -0.05) is 27.4 Å². The van der Waals surface area contributed by atoms with Gasteiger partial charge < -0.3 is 14.2 Å². The molecular weight excluding hydrogens is 280 g/mol. The molecule has 4 nitrogen and oxygen atoms in total. The Labute approximate surface area is 134 Å². The lowest BCUT2D eigenvalue weighted by atomic mass is 9.77. The second-order valence-corrected chi connectivity index (χ2v) is 6.99. The minimum absolute atomic E-state index is 0.0543. The second-order valence-electron chi connectivity index (χ2n) is 6.99. The first-order valence-corrected chi connectivity index (χ1v) is 8.45. The van der Waals surface area contributed by atoms with Crippen LogP contribution in [0.5, 0.6) is 0 Å². The van der Waals surface area contributed by atoms with Crippen LogP contribution in [0.2, 0.25) is 0 Å². The van der Waals surface area contributed by atoms with E-state index in [-0.39, 0.29) is 24.1 Å². The normalized spacial score (nSPS) is 40.5. The highest BCUT2D eigenvalue weighted by atomic mass is 16.7. The zero-order valence-electron chi connectivity index (χ0n) is 14.6. The molecule has 0 aromatic heterocycles. The van der Waals surface area contributed by atoms with Crippen molar-refractivity contribution < 1.29 is 19.0 Å². The van der Waals surface area contributed by atoms with Crippen LogP contribution in [-0.4, -0.2) is 31.1 Å². The molecule has 0 radical (unpaired) electrons. The Morgan fingerprint density at radius 3 is 2.73 bits per heavy atom. The van der Waals surface area contributed by atoms with Gasteiger partial charge in [0.15, 0.2) is 5.79 Å². The summed E-state index contributed by atoms with van der Waals surface area (Å²) >= 11 is 0. The Balaban J connectivity index is 2.21. The Hall–Kier alpha value is -0.870. The van der Waals surface area contributed by atoms with Crippen LogP contribution in [0, 0.1) is 17.8 Å². The summed E-state index contributed by atoms with van der Waals surface area (Å²) in [7, 11) is 1.43. The molecule has 0 saturated carbocycles. The number of carbonyl (C=O) groups is 1. The second kappa shape index (κ2) is 6.71. The summed E-state index contributed by atoms with van der Waals surface area (Å²) in [5.41, 5.74) is 1.15. The minimum atomic E-state index is -0.582. The van der Waals surface area contributed by atoms with Gasteiger partial charge in [-0.25, -0.2) is 0 Å². The lowest BCUT2D eigenvalue weighted by Crippen LogP contribution is -2.57. The van der Waals surface area contributed by atoms with Gasteiger partial charge in [0.1, 0.15) is 0 Å². The Morgan fingerprint density at radius 2 is 2.14 bits per heavy atom. The highest BCUT2D eigenvalue weighted by Gasteiger charge is 2.51. The molecule has 2 saturated heterocycles. The first kappa shape index (κ1) is 17.5. The van der Waals surface area contributed by atoms with E-state index in [1.807, 2.05) is 6.92 Å². The maximum atomic E-state index is 11.9. The number of hydrogen-bond acceptors (Lipinski definition) is 4. The summed E-state index contributed by atoms with van der Waals surface area (Å²) in [4.78, 5) is 11.9. The number of methoxy groups -OCH3 is 1. The van der Waals surface area contributed by atoms with Crippen molar-refractivity contribution in [3.05, 3.63) is 12.2 Å². The van der Waals surface area contributed by atoms with Gasteiger partial charge in [0.25, 0.3) is 0 Å². The van der Waals surface area contributed by atoms with Gasteiger partial charge in [0.2, 0.25) is 0 Å². The van der Waals surface area contributed by atoms with Crippen molar-refractivity contribution in [2.45, 2.75) is 71.4 Å². The SMILES string of the molecule is C=C1CC[C@@]2(O[C@H]([C@@H](C)C(=O)OC)[C@@H](C)C[C@@H]2C)O[C@@H]1CC. The molecule has 1 spiro atoms. The molecule has 4 heteroatoms. The van der Waals surface area contributed by atoms with Gasteiger partial charge in [0.05, 0.1) is 25.2 Å². The Morgan fingerprint density at radius 1 is 1.45 bits per heavy atom. The number of carbonyl (C=O) groups excluding carboxylic acids is 1. The molecule has 2 aliphatic rings. The van der Waals surface area contributed by atoms with Crippen molar-refractivity contribution in [3.63, 3.8) is 0 Å². The van der Waals surface area contributed by atoms with Crippen LogP contribution in [0.15, 0.2) is 12.2 Å². The summed E-state index contributed by atoms with van der Waals surface area (Å²) in [6.45, 7) is 12.5. The van der Waals surface area contributed by atoms with Gasteiger partial charge >= 0.3 is 5.97 Å². The van der Waals surface area contributed by atoms with Crippen LogP contribution in [0.25, 0.3) is 0 Å². The van der Waals surface area contributed by atoms with E-state index in [1.54, 1.807) is 0 Å². The topological polar surface area (TPSA) is 44.8 Å². The molecule has 126 valence electrons. The van der Waals surface area contributed by atoms with Crippen LogP contribution in [-0.2, 0) is 19.0 Å². The molecule has 0 bridgehead atoms. The fourth-order valence-electron chi connectivity index (χ4n) is 3.95. The summed E-state index contributed by atoms with van der Waals surface area (Å²) < 4.78 is 17.7. The van der Waals surface area contributed by atoms with Crippen LogP contribution in [0.1, 0.15) is 53.4 Å². The molecule has 6 atom stereocenters. The van der Waals surface area contributed by atoms with Crippen molar-refractivity contribution in [3.8, 4) is 0 Å². The molecule has 0 aromatic rings. The average molecular weight is 310 g/mol. The quantitative estimate of drug-likeness (QED) is 0.589. The number of hydrogen-bond donors (Lipinski definition) is 0. The molecule has 2 heterocycles. The smallest absolute Gasteiger partial charge is 0.311 e. The van der Waals surface area contributed by atoms with E-state index in [0.29, 0.717) is 11.8 Å². The fourth-order valence-corrected chi connectivity index (χ4v) is 3.95. The molecule has 0 N–H and O–H groups in total. The Kier molecular flexibility index (Phi) is 5.33. The monoisotopic (exact) mass is 310 g/mol. The zero-order valence-corrected chi connectivity index (χ0v) is 14.6. The largest absolute Gasteiger partial charge is 0.469 e. The summed E-state index contributed by atoms with van der Waals surface area (Å²) in [6, 6.07) is 0. The molecule has 0 aromatic carbocycles. The lowest BCUT2D eigenvalue weighted by Gasteiger charge is -2.52. The number of ether oxygens (including phenoxy) is 3. The fraction of sp³-hybridized carbons (Fsp3) is 0.833. The van der Waals surface area contributed by atoms with Gasteiger partial charge in [0, 0.05) is 12.3 Å². The molecule has 0 amide bonds. The minimum Gasteiger partial charge on any atom is -0.469 e. The predicted molar refractivity (Wildman–Crippen MR) is 85.3 cm³/mol. The standard InChI is InChI=1S/C18H30O4/c1-7-15-11(2)8-9-18(21-15)13(4)10-12(3)16(22-18)14(5)17(19)20-6/h12-16H,2,7-10H2,1,3-6H3/t12-,13-,14+,15+,16-,18-/m0/s1. The summed E-state index contributed by atoms with van der Waals surface area (Å²) in [5, 5.41) is 0. The van der Waals surface area contributed by atoms with E-state index in [1.165, 1.54) is 7.11 Å². The highest BCUT2D eigenvalue weighted by molar-refractivity contribution is 5.72. The van der Waals surface area contributed by atoms with E-state index in [4.69, 9.17) is 14.2 Å². The van der Waals surface area contributed by atoms with Crippen molar-refractivity contribution in [1.29, 1.82) is 0 Å². The van der Waals surface area contributed by atoms with Crippen LogP contribution < -0.4 is 0 Å². The zero-order chi connectivity index (χ0) is 16.5. The third-order valence-corrected chi connectivity index (χ3v) is 5.40. The van der Waals surface area contributed by atoms with Gasteiger partial charge in [-0.3, -0.25) is 4.79 Å². The van der Waals surface area contributed by atoms with Crippen molar-refractivity contribution in [2.75, 3.05) is 7.11 Å². The van der Waals surface area contributed by atoms with E-state index >= 15 is 0 Å². The first-order chi connectivity index (χ1) is 10.3. The molecule has 0 aliphatic carbocycles. The third-order valence-electron chi connectivity index (χ3n) is 5.40. The van der Waals surface area contributed by atoms with Crippen LogP contribution in [0.3, 0.4) is 0 Å². The highest BCUT2D eigenvalue weighted by Crippen LogP contribution is 2.47. The maximum Gasteiger partial charge on any atom is 0.311 e. The third kappa shape index (κ3) is 3.09. The van der Waals surface area contributed by atoms with E-state index in [9.17, 15) is 4.79 Å². The first-order valence-electron chi connectivity index (χ1n) is 8.45. The lowest BCUT2D eigenvalue weighted by molar-refractivity contribution is -0.341. The molecule has 2 aliphatic heterocycles. The van der Waals surface area contributed by atoms with Crippen LogP contribution >= 0.6 is 0 Å². The van der Waals surface area contributed by atoms with Crippen LogP contribution in [0.4, 0.5) is 0 Å². The van der Waals surface area contributed by atoms with Crippen molar-refractivity contribution in [2.24, 2.45) is 17.8 Å². The van der Waals surface area contributed by atoms with E-state index in [2.05, 4.69) is 27.4 Å². The van der Waals surface area contributed by atoms with Gasteiger partial charge in [-0.05, 0) is 37.7 Å². The maximum absolute atomic E-state index is 11.9. The van der Waals surface area contributed by atoms with E-state index < -0.39 is 5.79 Å².